The van der Waals surface area contributed by atoms with Crippen molar-refractivity contribution in [2.45, 2.75) is 32.1 Å². The highest BCUT2D eigenvalue weighted by Gasteiger charge is 2.32. The number of hydrogen-bond donors (Lipinski definition) is 1. The Balaban J connectivity index is 1.93. The summed E-state index contributed by atoms with van der Waals surface area (Å²) in [7, 11) is 0. The van der Waals surface area contributed by atoms with Crippen molar-refractivity contribution >= 4 is 40.2 Å². The van der Waals surface area contributed by atoms with Crippen LogP contribution < -0.4 is 0 Å². The van der Waals surface area contributed by atoms with Crippen LogP contribution in [0.25, 0.3) is 0 Å². The molecule has 0 aromatic heterocycles. The van der Waals surface area contributed by atoms with Crippen LogP contribution in [0.15, 0.2) is 11.1 Å². The lowest BCUT2D eigenvalue weighted by atomic mass is 10.1. The topological polar surface area (TPSA) is 60.9 Å². The number of carboxylic acids is 1. The van der Waals surface area contributed by atoms with Gasteiger partial charge in [-0.2, -0.15) is 0 Å². The van der Waals surface area contributed by atoms with Gasteiger partial charge in [0, 0.05) is 32.3 Å². The molecule has 0 saturated carbocycles. The summed E-state index contributed by atoms with van der Waals surface area (Å²) in [4.78, 5) is 27.1. The molecule has 0 bridgehead atoms. The van der Waals surface area contributed by atoms with Gasteiger partial charge in [-0.25, -0.2) is 0 Å². The number of carbonyl (C=O) groups is 2. The van der Waals surface area contributed by atoms with E-state index in [2.05, 4.69) is 4.90 Å². The lowest BCUT2D eigenvalue weighted by Crippen LogP contribution is -2.30. The number of nitrogens with zero attached hydrogens (tertiary/aromatic N) is 2. The highest BCUT2D eigenvalue weighted by atomic mass is 32.2. The molecule has 0 unspecified atom stereocenters. The van der Waals surface area contributed by atoms with Crippen molar-refractivity contribution < 1.29 is 14.7 Å². The minimum atomic E-state index is -0.848. The fourth-order valence-corrected chi connectivity index (χ4v) is 3.60. The highest BCUT2D eigenvalue weighted by Crippen LogP contribution is 2.31. The number of rotatable bonds is 5. The Hall–Kier alpha value is -1.08. The van der Waals surface area contributed by atoms with E-state index in [1.54, 1.807) is 0 Å². The lowest BCUT2D eigenvalue weighted by molar-refractivity contribution is -0.137. The molecular formula is C13H18N2O3S2. The van der Waals surface area contributed by atoms with Gasteiger partial charge in [0.25, 0.3) is 5.91 Å². The fourth-order valence-electron chi connectivity index (χ4n) is 2.28. The predicted molar refractivity (Wildman–Crippen MR) is 82.3 cm³/mol. The highest BCUT2D eigenvalue weighted by molar-refractivity contribution is 8.26. The van der Waals surface area contributed by atoms with Crippen molar-refractivity contribution in [1.82, 2.24) is 9.80 Å². The van der Waals surface area contributed by atoms with Crippen LogP contribution in [0.3, 0.4) is 0 Å². The van der Waals surface area contributed by atoms with Crippen molar-refractivity contribution in [3.63, 3.8) is 0 Å². The molecule has 1 amide bonds. The largest absolute Gasteiger partial charge is 0.481 e. The number of hydrogen-bond acceptors (Lipinski definition) is 5. The Morgan fingerprint density at radius 1 is 1.35 bits per heavy atom. The first-order chi connectivity index (χ1) is 9.58. The number of thioether (sulfide) groups is 1. The summed E-state index contributed by atoms with van der Waals surface area (Å²) in [6.07, 6.45) is 5.97. The molecule has 2 saturated heterocycles. The van der Waals surface area contributed by atoms with Crippen molar-refractivity contribution in [2.24, 2.45) is 0 Å². The molecule has 0 spiro atoms. The molecule has 7 heteroatoms. The molecule has 5 nitrogen and oxygen atoms in total. The third kappa shape index (κ3) is 3.96. The van der Waals surface area contributed by atoms with Crippen molar-refractivity contribution in [3.8, 4) is 0 Å². The van der Waals surface area contributed by atoms with E-state index in [9.17, 15) is 9.59 Å². The van der Waals surface area contributed by atoms with E-state index in [1.165, 1.54) is 23.1 Å². The van der Waals surface area contributed by atoms with Gasteiger partial charge in [0.05, 0.1) is 4.91 Å². The summed E-state index contributed by atoms with van der Waals surface area (Å²) in [5.41, 5.74) is 0. The minimum Gasteiger partial charge on any atom is -0.481 e. The fraction of sp³-hybridized carbons (Fsp3) is 0.615. The maximum absolute atomic E-state index is 12.2. The summed E-state index contributed by atoms with van der Waals surface area (Å²) in [6, 6.07) is 0. The lowest BCUT2D eigenvalue weighted by Gasteiger charge is -2.25. The first kappa shape index (κ1) is 15.3. The van der Waals surface area contributed by atoms with Crippen LogP contribution in [0, 0.1) is 0 Å². The van der Waals surface area contributed by atoms with Crippen LogP contribution in [0.1, 0.15) is 32.1 Å². The zero-order valence-corrected chi connectivity index (χ0v) is 12.8. The molecule has 2 heterocycles. The number of carbonyl (C=O) groups excluding carboxylic acids is 1. The molecule has 2 fully saturated rings. The van der Waals surface area contributed by atoms with Crippen molar-refractivity contribution in [3.05, 3.63) is 11.1 Å². The molecule has 2 rings (SSSR count). The summed E-state index contributed by atoms with van der Waals surface area (Å²) < 4.78 is 0.531. The molecule has 0 aromatic rings. The van der Waals surface area contributed by atoms with Crippen molar-refractivity contribution in [1.29, 1.82) is 0 Å². The number of carboxylic acid groups (broad SMARTS) is 1. The monoisotopic (exact) mass is 314 g/mol. The Morgan fingerprint density at radius 2 is 2.05 bits per heavy atom. The molecule has 2 aliphatic rings. The van der Waals surface area contributed by atoms with Gasteiger partial charge in [0.1, 0.15) is 4.32 Å². The average Bonchev–Trinajstić information content (AvgIpc) is 2.67. The summed E-state index contributed by atoms with van der Waals surface area (Å²) in [5, 5.41) is 8.63. The Labute approximate surface area is 128 Å². The van der Waals surface area contributed by atoms with E-state index in [1.807, 2.05) is 6.20 Å². The van der Waals surface area contributed by atoms with E-state index in [-0.39, 0.29) is 12.3 Å². The first-order valence-corrected chi connectivity index (χ1v) is 8.02. The summed E-state index contributed by atoms with van der Waals surface area (Å²) in [5.74, 6) is -0.935. The van der Waals surface area contributed by atoms with Gasteiger partial charge in [-0.1, -0.05) is 24.0 Å². The van der Waals surface area contributed by atoms with E-state index >= 15 is 0 Å². The zero-order chi connectivity index (χ0) is 14.5. The van der Waals surface area contributed by atoms with Crippen LogP contribution in [0.2, 0.25) is 0 Å². The molecule has 2 aliphatic heterocycles. The maximum atomic E-state index is 12.2. The molecule has 1 N–H and O–H groups in total. The summed E-state index contributed by atoms with van der Waals surface area (Å²) in [6.45, 7) is 2.36. The van der Waals surface area contributed by atoms with Gasteiger partial charge in [0.15, 0.2) is 0 Å². The van der Waals surface area contributed by atoms with Crippen LogP contribution in [-0.4, -0.2) is 50.7 Å². The second kappa shape index (κ2) is 7.08. The van der Waals surface area contributed by atoms with Crippen LogP contribution in [0.5, 0.6) is 0 Å². The Morgan fingerprint density at radius 3 is 2.70 bits per heavy atom. The third-order valence-electron chi connectivity index (χ3n) is 3.34. The van der Waals surface area contributed by atoms with Gasteiger partial charge in [0.2, 0.25) is 0 Å². The SMILES string of the molecule is O=C(O)CCCN1C(=O)/C(=C\N2CCCCC2)SC1=S. The quantitative estimate of drug-likeness (QED) is 0.619. The molecular weight excluding hydrogens is 296 g/mol. The second-order valence-corrected chi connectivity index (χ2v) is 6.59. The Bertz CT molecular complexity index is 445. The third-order valence-corrected chi connectivity index (χ3v) is 4.70. The van der Waals surface area contributed by atoms with Crippen LogP contribution >= 0.6 is 24.0 Å². The van der Waals surface area contributed by atoms with Gasteiger partial charge in [-0.05, 0) is 25.7 Å². The van der Waals surface area contributed by atoms with Gasteiger partial charge in [-0.15, -0.1) is 0 Å². The Kier molecular flexibility index (Phi) is 5.42. The van der Waals surface area contributed by atoms with Gasteiger partial charge in [-0.3, -0.25) is 14.5 Å². The minimum absolute atomic E-state index is 0.0578. The van der Waals surface area contributed by atoms with E-state index in [0.29, 0.717) is 22.2 Å². The molecule has 0 radical (unpaired) electrons. The zero-order valence-electron chi connectivity index (χ0n) is 11.2. The smallest absolute Gasteiger partial charge is 0.303 e. The van der Waals surface area contributed by atoms with Crippen molar-refractivity contribution in [2.75, 3.05) is 19.6 Å². The number of likely N-dealkylation sites (tertiary alicyclic amines) is 1. The van der Waals surface area contributed by atoms with Gasteiger partial charge >= 0.3 is 5.97 Å². The molecule has 0 aliphatic carbocycles. The molecule has 0 atom stereocenters. The maximum Gasteiger partial charge on any atom is 0.303 e. The molecule has 0 aromatic carbocycles. The molecule has 110 valence electrons. The van der Waals surface area contributed by atoms with E-state index in [0.717, 1.165) is 25.9 Å². The molecule has 20 heavy (non-hydrogen) atoms. The van der Waals surface area contributed by atoms with E-state index in [4.69, 9.17) is 17.3 Å². The number of piperidine rings is 1. The standard InChI is InChI=1S/C13H18N2O3S2/c16-11(17)5-4-8-15-12(18)10(20-13(15)19)9-14-6-2-1-3-7-14/h9H,1-8H2,(H,16,17)/b10-9+. The number of thiocarbonyl (C=S) groups is 1. The summed E-state index contributed by atoms with van der Waals surface area (Å²) >= 11 is 6.52. The number of aliphatic carboxylic acids is 1. The average molecular weight is 314 g/mol. The normalized spacial score (nSPS) is 21.9. The second-order valence-electron chi connectivity index (χ2n) is 4.91. The predicted octanol–water partition coefficient (Wildman–Crippen LogP) is 2.04. The first-order valence-electron chi connectivity index (χ1n) is 6.79. The van der Waals surface area contributed by atoms with Crippen LogP contribution in [0.4, 0.5) is 0 Å². The van der Waals surface area contributed by atoms with Crippen LogP contribution in [-0.2, 0) is 9.59 Å². The van der Waals surface area contributed by atoms with Gasteiger partial charge < -0.3 is 10.0 Å². The van der Waals surface area contributed by atoms with E-state index < -0.39 is 5.97 Å². The number of amides is 1.